The molecule has 3 nitrogen and oxygen atoms in total. The predicted molar refractivity (Wildman–Crippen MR) is 89.1 cm³/mol. The average Bonchev–Trinajstić information content (AvgIpc) is 3.00. The Balaban J connectivity index is 1.61. The van der Waals surface area contributed by atoms with Gasteiger partial charge in [-0.1, -0.05) is 36.4 Å². The van der Waals surface area contributed by atoms with Crippen LogP contribution >= 0.6 is 11.3 Å². The number of nitrogens with zero attached hydrogens (tertiary/aromatic N) is 1. The summed E-state index contributed by atoms with van der Waals surface area (Å²) in [6.45, 7) is 3.42. The normalized spacial score (nSPS) is 21.8. The Morgan fingerprint density at radius 3 is 2.77 bits per heavy atom. The van der Waals surface area contributed by atoms with Crippen LogP contribution in [0.1, 0.15) is 17.4 Å². The molecule has 3 rings (SSSR count). The van der Waals surface area contributed by atoms with Crippen LogP contribution < -0.4 is 0 Å². The Labute approximate surface area is 135 Å². The monoisotopic (exact) mass is 315 g/mol. The van der Waals surface area contributed by atoms with E-state index in [4.69, 9.17) is 4.74 Å². The van der Waals surface area contributed by atoms with Gasteiger partial charge < -0.3 is 9.64 Å². The van der Waals surface area contributed by atoms with Crippen LogP contribution in [0.4, 0.5) is 0 Å². The number of ether oxygens (including phenoxy) is 1. The largest absolute Gasteiger partial charge is 0.371 e. The second-order valence-corrected chi connectivity index (χ2v) is 6.85. The summed E-state index contributed by atoms with van der Waals surface area (Å²) >= 11 is 1.64. The Kier molecular flexibility index (Phi) is 4.90. The SMILES string of the molecule is CC1CN(C(=O)Cc2cccs2)CC(Cc2ccccc2)O1. The predicted octanol–water partition coefficient (Wildman–Crippen LogP) is 3.15. The zero-order chi connectivity index (χ0) is 15.4. The number of amides is 1. The van der Waals surface area contributed by atoms with Crippen molar-refractivity contribution < 1.29 is 9.53 Å². The van der Waals surface area contributed by atoms with E-state index in [-0.39, 0.29) is 18.1 Å². The van der Waals surface area contributed by atoms with Gasteiger partial charge in [-0.25, -0.2) is 0 Å². The van der Waals surface area contributed by atoms with Crippen LogP contribution in [0.3, 0.4) is 0 Å². The van der Waals surface area contributed by atoms with Crippen molar-refractivity contribution in [1.29, 1.82) is 0 Å². The molecule has 4 heteroatoms. The van der Waals surface area contributed by atoms with Crippen LogP contribution in [-0.4, -0.2) is 36.1 Å². The van der Waals surface area contributed by atoms with E-state index in [9.17, 15) is 4.79 Å². The fraction of sp³-hybridized carbons (Fsp3) is 0.389. The molecule has 0 bridgehead atoms. The van der Waals surface area contributed by atoms with Gasteiger partial charge in [-0.3, -0.25) is 4.79 Å². The molecule has 2 aromatic rings. The van der Waals surface area contributed by atoms with Crippen molar-refractivity contribution in [3.05, 3.63) is 58.3 Å². The van der Waals surface area contributed by atoms with Gasteiger partial charge >= 0.3 is 0 Å². The molecule has 1 amide bonds. The summed E-state index contributed by atoms with van der Waals surface area (Å²) in [5.41, 5.74) is 1.26. The lowest BCUT2D eigenvalue weighted by atomic mass is 10.1. The quantitative estimate of drug-likeness (QED) is 0.867. The van der Waals surface area contributed by atoms with E-state index in [2.05, 4.69) is 12.1 Å². The molecular formula is C18H21NO2S. The van der Waals surface area contributed by atoms with Crippen LogP contribution in [0.5, 0.6) is 0 Å². The Bertz CT molecular complexity index is 597. The number of rotatable bonds is 4. The van der Waals surface area contributed by atoms with Crippen LogP contribution in [0.2, 0.25) is 0 Å². The molecule has 0 radical (unpaired) electrons. The summed E-state index contributed by atoms with van der Waals surface area (Å²) in [4.78, 5) is 15.6. The van der Waals surface area contributed by atoms with Gasteiger partial charge in [0.1, 0.15) is 0 Å². The average molecular weight is 315 g/mol. The Morgan fingerprint density at radius 1 is 1.23 bits per heavy atom. The first-order chi connectivity index (χ1) is 10.7. The summed E-state index contributed by atoms with van der Waals surface area (Å²) in [5, 5.41) is 2.02. The number of benzene rings is 1. The number of carbonyl (C=O) groups is 1. The van der Waals surface area contributed by atoms with E-state index in [0.717, 1.165) is 11.3 Å². The van der Waals surface area contributed by atoms with Gasteiger partial charge in [0.15, 0.2) is 0 Å². The maximum atomic E-state index is 12.5. The van der Waals surface area contributed by atoms with E-state index < -0.39 is 0 Å². The van der Waals surface area contributed by atoms with Crippen LogP contribution in [0.25, 0.3) is 0 Å². The van der Waals surface area contributed by atoms with Crippen molar-refractivity contribution in [2.45, 2.75) is 32.0 Å². The lowest BCUT2D eigenvalue weighted by Gasteiger charge is -2.37. The number of thiophene rings is 1. The summed E-state index contributed by atoms with van der Waals surface area (Å²) < 4.78 is 6.01. The van der Waals surface area contributed by atoms with Crippen LogP contribution in [0, 0.1) is 0 Å². The molecule has 2 unspecified atom stereocenters. The molecule has 1 fully saturated rings. The van der Waals surface area contributed by atoms with Gasteiger partial charge in [-0.05, 0) is 23.9 Å². The zero-order valence-corrected chi connectivity index (χ0v) is 13.6. The zero-order valence-electron chi connectivity index (χ0n) is 12.8. The molecule has 116 valence electrons. The highest BCUT2D eigenvalue weighted by Crippen LogP contribution is 2.18. The Morgan fingerprint density at radius 2 is 2.05 bits per heavy atom. The maximum absolute atomic E-state index is 12.5. The minimum atomic E-state index is 0.0819. The van der Waals surface area contributed by atoms with Crippen molar-refractivity contribution in [3.63, 3.8) is 0 Å². The molecule has 1 saturated heterocycles. The molecule has 1 aliphatic heterocycles. The number of morpholine rings is 1. The standard InChI is InChI=1S/C18H21NO2S/c1-14-12-19(18(20)11-17-8-5-9-22-17)13-16(21-14)10-15-6-3-2-4-7-15/h2-9,14,16H,10-13H2,1H3. The molecule has 0 saturated carbocycles. The number of carbonyl (C=O) groups excluding carboxylic acids is 1. The number of hydrogen-bond donors (Lipinski definition) is 0. The van der Waals surface area contributed by atoms with E-state index in [1.54, 1.807) is 11.3 Å². The third kappa shape index (κ3) is 3.96. The summed E-state index contributed by atoms with van der Waals surface area (Å²) in [6.07, 6.45) is 1.53. The van der Waals surface area contributed by atoms with Crippen molar-refractivity contribution in [1.82, 2.24) is 4.90 Å². The molecular weight excluding hydrogens is 294 g/mol. The van der Waals surface area contributed by atoms with Gasteiger partial charge in [-0.2, -0.15) is 0 Å². The lowest BCUT2D eigenvalue weighted by Crippen LogP contribution is -2.50. The molecule has 2 heterocycles. The second-order valence-electron chi connectivity index (χ2n) is 5.81. The number of hydrogen-bond acceptors (Lipinski definition) is 3. The highest BCUT2D eigenvalue weighted by Gasteiger charge is 2.28. The van der Waals surface area contributed by atoms with Gasteiger partial charge in [0, 0.05) is 24.4 Å². The van der Waals surface area contributed by atoms with E-state index in [1.165, 1.54) is 5.56 Å². The summed E-state index contributed by atoms with van der Waals surface area (Å²) in [6, 6.07) is 14.3. The lowest BCUT2D eigenvalue weighted by molar-refractivity contribution is -0.143. The maximum Gasteiger partial charge on any atom is 0.228 e. The first-order valence-corrected chi connectivity index (χ1v) is 8.58. The molecule has 22 heavy (non-hydrogen) atoms. The van der Waals surface area contributed by atoms with E-state index >= 15 is 0 Å². The van der Waals surface area contributed by atoms with Gasteiger partial charge in [0.25, 0.3) is 0 Å². The first kappa shape index (κ1) is 15.3. The van der Waals surface area contributed by atoms with Crippen LogP contribution in [0.15, 0.2) is 47.8 Å². The smallest absolute Gasteiger partial charge is 0.228 e. The molecule has 1 aliphatic rings. The van der Waals surface area contributed by atoms with Crippen molar-refractivity contribution in [2.75, 3.05) is 13.1 Å². The minimum Gasteiger partial charge on any atom is -0.371 e. The molecule has 1 aromatic heterocycles. The molecule has 0 N–H and O–H groups in total. The Hall–Kier alpha value is -1.65. The van der Waals surface area contributed by atoms with E-state index in [0.29, 0.717) is 19.5 Å². The molecule has 0 spiro atoms. The highest BCUT2D eigenvalue weighted by atomic mass is 32.1. The molecule has 1 aromatic carbocycles. The summed E-state index contributed by atoms with van der Waals surface area (Å²) in [7, 11) is 0. The van der Waals surface area contributed by atoms with Crippen molar-refractivity contribution >= 4 is 17.2 Å². The van der Waals surface area contributed by atoms with E-state index in [1.807, 2.05) is 47.5 Å². The fourth-order valence-electron chi connectivity index (χ4n) is 2.91. The first-order valence-electron chi connectivity index (χ1n) is 7.70. The fourth-order valence-corrected chi connectivity index (χ4v) is 3.61. The van der Waals surface area contributed by atoms with Crippen molar-refractivity contribution in [2.24, 2.45) is 0 Å². The molecule has 2 atom stereocenters. The van der Waals surface area contributed by atoms with Gasteiger partial charge in [0.2, 0.25) is 5.91 Å². The van der Waals surface area contributed by atoms with Gasteiger partial charge in [-0.15, -0.1) is 11.3 Å². The third-order valence-corrected chi connectivity index (χ3v) is 4.77. The topological polar surface area (TPSA) is 29.5 Å². The molecule has 0 aliphatic carbocycles. The second kappa shape index (κ2) is 7.07. The van der Waals surface area contributed by atoms with Gasteiger partial charge in [0.05, 0.1) is 18.6 Å². The van der Waals surface area contributed by atoms with Crippen molar-refractivity contribution in [3.8, 4) is 0 Å². The van der Waals surface area contributed by atoms with Crippen LogP contribution in [-0.2, 0) is 22.4 Å². The highest BCUT2D eigenvalue weighted by molar-refractivity contribution is 7.10. The third-order valence-electron chi connectivity index (χ3n) is 3.89. The minimum absolute atomic E-state index is 0.0819. The summed E-state index contributed by atoms with van der Waals surface area (Å²) in [5.74, 6) is 0.204.